The van der Waals surface area contributed by atoms with Crippen LogP contribution in [-0.4, -0.2) is 56.0 Å². The molecule has 2 aromatic rings. The molecule has 0 atom stereocenters. The summed E-state index contributed by atoms with van der Waals surface area (Å²) in [4.78, 5) is 49.3. The smallest absolute Gasteiger partial charge is 0.325 e. The van der Waals surface area contributed by atoms with Crippen molar-refractivity contribution in [2.24, 2.45) is 0 Å². The van der Waals surface area contributed by atoms with Crippen LogP contribution in [0.25, 0.3) is 0 Å². The molecule has 0 saturated heterocycles. The van der Waals surface area contributed by atoms with Crippen LogP contribution in [0.15, 0.2) is 41.8 Å². The first-order valence-electron chi connectivity index (χ1n) is 8.28. The van der Waals surface area contributed by atoms with E-state index >= 15 is 0 Å². The van der Waals surface area contributed by atoms with Crippen LogP contribution in [0.5, 0.6) is 0 Å². The third-order valence-corrected chi connectivity index (χ3v) is 4.65. The molecule has 8 nitrogen and oxygen atoms in total. The third-order valence-electron chi connectivity index (χ3n) is 3.78. The molecule has 9 heteroatoms. The fraction of sp³-hybridized carbons (Fsp3) is 0.263. The van der Waals surface area contributed by atoms with Crippen LogP contribution in [0.2, 0.25) is 0 Å². The van der Waals surface area contributed by atoms with Gasteiger partial charge in [0.05, 0.1) is 19.1 Å². The minimum absolute atomic E-state index is 0.169. The highest BCUT2D eigenvalue weighted by molar-refractivity contribution is 7.12. The molecule has 0 aliphatic heterocycles. The number of carbonyl (C=O) groups is 4. The van der Waals surface area contributed by atoms with Gasteiger partial charge in [-0.1, -0.05) is 18.2 Å². The molecule has 1 N–H and O–H groups in total. The van der Waals surface area contributed by atoms with Crippen molar-refractivity contribution in [1.82, 2.24) is 10.2 Å². The van der Waals surface area contributed by atoms with E-state index in [1.165, 1.54) is 25.6 Å². The van der Waals surface area contributed by atoms with Gasteiger partial charge in [0.2, 0.25) is 0 Å². The monoisotopic (exact) mass is 404 g/mol. The molecule has 28 heavy (non-hydrogen) atoms. The first-order valence-corrected chi connectivity index (χ1v) is 9.16. The lowest BCUT2D eigenvalue weighted by molar-refractivity contribution is -0.144. The molecule has 0 spiro atoms. The van der Waals surface area contributed by atoms with Crippen LogP contribution in [0.4, 0.5) is 0 Å². The number of esters is 2. The Morgan fingerprint density at radius 1 is 0.964 bits per heavy atom. The molecule has 0 aliphatic rings. The van der Waals surface area contributed by atoms with Crippen molar-refractivity contribution in [3.05, 3.63) is 57.8 Å². The minimum atomic E-state index is -0.648. The molecule has 0 bridgehead atoms. The molecule has 0 aliphatic carbocycles. The second-order valence-electron chi connectivity index (χ2n) is 5.67. The van der Waals surface area contributed by atoms with Gasteiger partial charge >= 0.3 is 11.9 Å². The van der Waals surface area contributed by atoms with E-state index < -0.39 is 17.8 Å². The van der Waals surface area contributed by atoms with Gasteiger partial charge in [-0.25, -0.2) is 0 Å². The van der Waals surface area contributed by atoms with Crippen molar-refractivity contribution in [3.8, 4) is 0 Å². The van der Waals surface area contributed by atoms with Gasteiger partial charge in [-0.3, -0.25) is 19.2 Å². The predicted octanol–water partition coefficient (Wildman–Crippen LogP) is 1.47. The van der Waals surface area contributed by atoms with Crippen molar-refractivity contribution < 1.29 is 28.7 Å². The fourth-order valence-electron chi connectivity index (χ4n) is 2.27. The average Bonchev–Trinajstić information content (AvgIpc) is 3.26. The van der Waals surface area contributed by atoms with E-state index in [0.29, 0.717) is 17.0 Å². The van der Waals surface area contributed by atoms with Crippen LogP contribution in [0.3, 0.4) is 0 Å². The van der Waals surface area contributed by atoms with Crippen LogP contribution in [-0.2, 0) is 25.6 Å². The maximum Gasteiger partial charge on any atom is 0.325 e. The number of nitrogens with one attached hydrogen (secondary N) is 1. The lowest BCUT2D eigenvalue weighted by Gasteiger charge is -2.20. The van der Waals surface area contributed by atoms with E-state index in [1.54, 1.807) is 36.4 Å². The Bertz CT molecular complexity index is 815. The van der Waals surface area contributed by atoms with Gasteiger partial charge in [-0.05, 0) is 29.1 Å². The Morgan fingerprint density at radius 3 is 2.07 bits per heavy atom. The second kappa shape index (κ2) is 10.2. The summed E-state index contributed by atoms with van der Waals surface area (Å²) < 4.78 is 9.12. The number of amides is 2. The zero-order valence-electron chi connectivity index (χ0n) is 15.5. The number of nitrogens with zero attached hydrogens (tertiary/aromatic N) is 1. The molecule has 1 aromatic carbocycles. The highest BCUT2D eigenvalue weighted by Gasteiger charge is 2.22. The minimum Gasteiger partial charge on any atom is -0.468 e. The number of rotatable bonds is 8. The molecule has 0 unspecified atom stereocenters. The van der Waals surface area contributed by atoms with Crippen molar-refractivity contribution in [3.63, 3.8) is 0 Å². The van der Waals surface area contributed by atoms with Crippen molar-refractivity contribution in [2.75, 3.05) is 27.3 Å². The average molecular weight is 404 g/mol. The van der Waals surface area contributed by atoms with Gasteiger partial charge in [-0.2, -0.15) is 0 Å². The maximum atomic E-state index is 12.6. The van der Waals surface area contributed by atoms with Gasteiger partial charge in [0.15, 0.2) is 0 Å². The standard InChI is InChI=1S/C19H20N2O6S/c1-26-16(22)11-21(12-17(23)27-2)19(25)14-7-5-13(6-8-14)10-20-18(24)15-4-3-9-28-15/h3-9H,10-12H2,1-2H3,(H,20,24). The fourth-order valence-corrected chi connectivity index (χ4v) is 2.91. The first kappa shape index (κ1) is 21.1. The van der Waals surface area contributed by atoms with Crippen molar-refractivity contribution in [2.45, 2.75) is 6.54 Å². The van der Waals surface area contributed by atoms with Crippen molar-refractivity contribution in [1.29, 1.82) is 0 Å². The van der Waals surface area contributed by atoms with E-state index in [4.69, 9.17) is 0 Å². The molecule has 0 radical (unpaired) electrons. The van der Waals surface area contributed by atoms with E-state index in [-0.39, 0.29) is 19.0 Å². The summed E-state index contributed by atoms with van der Waals surface area (Å²) in [5.74, 6) is -1.97. The van der Waals surface area contributed by atoms with Crippen LogP contribution < -0.4 is 5.32 Å². The zero-order chi connectivity index (χ0) is 20.5. The summed E-state index contributed by atoms with van der Waals surface area (Å²) in [5, 5.41) is 4.62. The molecule has 2 rings (SSSR count). The summed E-state index contributed by atoms with van der Waals surface area (Å²) in [5.41, 5.74) is 1.09. The van der Waals surface area contributed by atoms with Crippen LogP contribution in [0.1, 0.15) is 25.6 Å². The summed E-state index contributed by atoms with van der Waals surface area (Å²) in [6.45, 7) is -0.439. The van der Waals surface area contributed by atoms with Crippen LogP contribution >= 0.6 is 11.3 Å². The molecule has 0 saturated carbocycles. The number of hydrogen-bond donors (Lipinski definition) is 1. The predicted molar refractivity (Wildman–Crippen MR) is 102 cm³/mol. The molecule has 2 amide bonds. The molecular weight excluding hydrogens is 384 g/mol. The maximum absolute atomic E-state index is 12.6. The van der Waals surface area contributed by atoms with Gasteiger partial charge in [0.25, 0.3) is 11.8 Å². The Balaban J connectivity index is 2.02. The van der Waals surface area contributed by atoms with Crippen LogP contribution in [0, 0.1) is 0 Å². The van der Waals surface area contributed by atoms with Gasteiger partial charge in [0, 0.05) is 12.1 Å². The molecule has 1 heterocycles. The van der Waals surface area contributed by atoms with Gasteiger partial charge in [-0.15, -0.1) is 11.3 Å². The number of methoxy groups -OCH3 is 2. The summed E-state index contributed by atoms with van der Waals surface area (Å²) >= 11 is 1.35. The Morgan fingerprint density at radius 2 is 1.57 bits per heavy atom. The largest absolute Gasteiger partial charge is 0.468 e. The quantitative estimate of drug-likeness (QED) is 0.669. The van der Waals surface area contributed by atoms with E-state index in [2.05, 4.69) is 14.8 Å². The zero-order valence-corrected chi connectivity index (χ0v) is 16.3. The number of thiophene rings is 1. The molecule has 148 valence electrons. The third kappa shape index (κ3) is 5.92. The Kier molecular flexibility index (Phi) is 7.70. The van der Waals surface area contributed by atoms with E-state index in [9.17, 15) is 19.2 Å². The second-order valence-corrected chi connectivity index (χ2v) is 6.62. The highest BCUT2D eigenvalue weighted by Crippen LogP contribution is 2.11. The lowest BCUT2D eigenvalue weighted by Crippen LogP contribution is -2.40. The lowest BCUT2D eigenvalue weighted by atomic mass is 10.1. The van der Waals surface area contributed by atoms with Gasteiger partial charge < -0.3 is 19.7 Å². The highest BCUT2D eigenvalue weighted by atomic mass is 32.1. The number of carbonyl (C=O) groups excluding carboxylic acids is 4. The molecule has 0 fully saturated rings. The van der Waals surface area contributed by atoms with Crippen molar-refractivity contribution >= 4 is 35.1 Å². The number of benzene rings is 1. The number of ether oxygens (including phenoxy) is 2. The normalized spacial score (nSPS) is 10.1. The van der Waals surface area contributed by atoms with E-state index in [1.807, 2.05) is 5.38 Å². The molecular formula is C19H20N2O6S. The Labute approximate surface area is 166 Å². The van der Waals surface area contributed by atoms with E-state index in [0.717, 1.165) is 10.5 Å². The molecule has 1 aromatic heterocycles. The first-order chi connectivity index (χ1) is 13.4. The summed E-state index contributed by atoms with van der Waals surface area (Å²) in [7, 11) is 2.39. The summed E-state index contributed by atoms with van der Waals surface area (Å²) in [6.07, 6.45) is 0. The topological polar surface area (TPSA) is 102 Å². The summed E-state index contributed by atoms with van der Waals surface area (Å²) in [6, 6.07) is 10.0. The Hall–Kier alpha value is -3.20. The van der Waals surface area contributed by atoms with Gasteiger partial charge in [0.1, 0.15) is 13.1 Å². The SMILES string of the molecule is COC(=O)CN(CC(=O)OC)C(=O)c1ccc(CNC(=O)c2cccs2)cc1. The number of hydrogen-bond acceptors (Lipinski definition) is 7.